The summed E-state index contributed by atoms with van der Waals surface area (Å²) in [4.78, 5) is 0. The maximum Gasteiger partial charge on any atom is 0.0139 e. The molecule has 0 amide bonds. The van der Waals surface area contributed by atoms with Crippen LogP contribution in [0.3, 0.4) is 0 Å². The van der Waals surface area contributed by atoms with Crippen molar-refractivity contribution in [3.63, 3.8) is 0 Å². The maximum absolute atomic E-state index is 2.45. The van der Waals surface area contributed by atoms with Gasteiger partial charge in [-0.05, 0) is 45.7 Å². The first-order chi connectivity index (χ1) is 12.9. The smallest absolute Gasteiger partial charge is 0.0139 e. The Kier molecular flexibility index (Phi) is 8.53. The van der Waals surface area contributed by atoms with E-state index in [1.165, 1.54) is 46.2 Å². The molecule has 0 nitrogen and oxygen atoms in total. The summed E-state index contributed by atoms with van der Waals surface area (Å²) in [5.41, 5.74) is 8.81. The van der Waals surface area contributed by atoms with Gasteiger partial charge in [-0.25, -0.2) is 0 Å². The molecule has 2 aliphatic rings. The Balaban J connectivity index is 0.000001000. The van der Waals surface area contributed by atoms with Crippen LogP contribution in [0.25, 0.3) is 17.2 Å². The third-order valence-corrected chi connectivity index (χ3v) is 6.23. The zero-order valence-electron chi connectivity index (χ0n) is 16.5. The van der Waals surface area contributed by atoms with Gasteiger partial charge in [-0.2, -0.15) is 0 Å². The quantitative estimate of drug-likeness (QED) is 0.342. The molecular weight excluding hydrogens is 474 g/mol. The molecule has 2 aliphatic carbocycles. The molecule has 5 rings (SSSR count). The van der Waals surface area contributed by atoms with E-state index in [-0.39, 0.29) is 51.0 Å². The molecule has 0 aromatic heterocycles. The molecule has 2 atom stereocenters. The van der Waals surface area contributed by atoms with Gasteiger partial charge in [0.2, 0.25) is 0 Å². The number of allylic oxidation sites excluding steroid dienone is 1. The Hall–Kier alpha value is -1.14. The Morgan fingerprint density at radius 1 is 0.724 bits per heavy atom. The number of hydrogen-bond acceptors (Lipinski definition) is 0. The number of benzene rings is 3. The van der Waals surface area contributed by atoms with Gasteiger partial charge in [-0.3, -0.25) is 0 Å². The molecule has 0 heterocycles. The summed E-state index contributed by atoms with van der Waals surface area (Å²) >= 11 is 0. The molecule has 0 bridgehead atoms. The van der Waals surface area contributed by atoms with E-state index in [2.05, 4.69) is 91.9 Å². The predicted molar refractivity (Wildman–Crippen MR) is 125 cm³/mol. The van der Waals surface area contributed by atoms with E-state index in [1.54, 1.807) is 0 Å². The molecular formula is C26H26Cl2Zr. The molecule has 0 spiro atoms. The number of rotatable bonds is 4. The fraction of sp³-hybridized carbons (Fsp3) is 0.231. The van der Waals surface area contributed by atoms with Crippen LogP contribution in [-0.4, -0.2) is 0 Å². The minimum absolute atomic E-state index is 0. The summed E-state index contributed by atoms with van der Waals surface area (Å²) < 4.78 is 0. The van der Waals surface area contributed by atoms with E-state index < -0.39 is 0 Å². The summed E-state index contributed by atoms with van der Waals surface area (Å²) in [5, 5.41) is 0. The minimum Gasteiger partial charge on any atom is -0.147 e. The van der Waals surface area contributed by atoms with Crippen molar-refractivity contribution in [2.24, 2.45) is 5.92 Å². The number of halogens is 2. The molecule has 0 saturated carbocycles. The van der Waals surface area contributed by atoms with Crippen molar-refractivity contribution in [2.45, 2.75) is 31.6 Å². The van der Waals surface area contributed by atoms with Crippen molar-refractivity contribution >= 4 is 30.9 Å². The second-order valence-electron chi connectivity index (χ2n) is 7.62. The summed E-state index contributed by atoms with van der Waals surface area (Å²) in [6.07, 6.45) is 7.25. The molecule has 3 aromatic rings. The average molecular weight is 501 g/mol. The Labute approximate surface area is 205 Å². The zero-order chi connectivity index (χ0) is 17.5. The van der Waals surface area contributed by atoms with Crippen LogP contribution in [0.4, 0.5) is 0 Å². The summed E-state index contributed by atoms with van der Waals surface area (Å²) in [5.74, 6) is 1.60. The molecule has 0 N–H and O–H groups in total. The molecule has 0 fully saturated rings. The third kappa shape index (κ3) is 4.07. The van der Waals surface area contributed by atoms with Crippen LogP contribution in [0.5, 0.6) is 0 Å². The van der Waals surface area contributed by atoms with Crippen LogP contribution in [0, 0.1) is 5.92 Å². The third-order valence-electron chi connectivity index (χ3n) is 6.23. The molecule has 2 unspecified atom stereocenters. The first-order valence-corrected chi connectivity index (χ1v) is 9.84. The van der Waals surface area contributed by atoms with Crippen LogP contribution >= 0.6 is 24.8 Å². The van der Waals surface area contributed by atoms with Gasteiger partial charge in [-0.15, -0.1) is 24.8 Å². The standard InChI is InChI=1S/C26H24.2ClH.Zr/c1-2-9-23(22-17-16-18-10-3-4-11-19(18)22)26-24-14-7-5-12-20(24)21-13-6-8-15-25(21)26;;;/h3-8,10-17,22-23,26H,2,9H2,1H3;2*1H;. The van der Waals surface area contributed by atoms with Gasteiger partial charge >= 0.3 is 0 Å². The molecule has 148 valence electrons. The van der Waals surface area contributed by atoms with E-state index in [1.807, 2.05) is 0 Å². The van der Waals surface area contributed by atoms with E-state index >= 15 is 0 Å². The molecule has 0 aliphatic heterocycles. The van der Waals surface area contributed by atoms with Crippen LogP contribution in [0.1, 0.15) is 53.9 Å². The van der Waals surface area contributed by atoms with Crippen molar-refractivity contribution in [1.82, 2.24) is 0 Å². The first-order valence-electron chi connectivity index (χ1n) is 9.84. The second-order valence-corrected chi connectivity index (χ2v) is 7.62. The normalized spacial score (nSPS) is 16.5. The zero-order valence-corrected chi connectivity index (χ0v) is 20.6. The SMILES string of the molecule is CCCC(C1C=Cc2ccccc21)C1c2ccccc2-c2ccccc21.Cl.Cl.[Zr]. The predicted octanol–water partition coefficient (Wildman–Crippen LogP) is 7.87. The van der Waals surface area contributed by atoms with Gasteiger partial charge in [0.05, 0.1) is 0 Å². The van der Waals surface area contributed by atoms with E-state index in [4.69, 9.17) is 0 Å². The number of hydrogen-bond donors (Lipinski definition) is 0. The Morgan fingerprint density at radius 3 is 1.83 bits per heavy atom. The van der Waals surface area contributed by atoms with Gasteiger partial charge in [0, 0.05) is 38.0 Å². The minimum atomic E-state index is 0. The topological polar surface area (TPSA) is 0 Å². The maximum atomic E-state index is 2.45. The van der Waals surface area contributed by atoms with Crippen LogP contribution in [0.15, 0.2) is 78.9 Å². The van der Waals surface area contributed by atoms with Gasteiger partial charge in [0.1, 0.15) is 0 Å². The van der Waals surface area contributed by atoms with E-state index in [0.29, 0.717) is 17.8 Å². The second kappa shape index (κ2) is 10.3. The summed E-state index contributed by atoms with van der Waals surface area (Å²) in [6.45, 7) is 2.32. The number of fused-ring (bicyclic) bond motifs is 4. The molecule has 0 saturated heterocycles. The summed E-state index contributed by atoms with van der Waals surface area (Å²) in [6, 6.07) is 27.0. The average Bonchev–Trinajstić information content (AvgIpc) is 3.26. The van der Waals surface area contributed by atoms with Crippen molar-refractivity contribution in [3.8, 4) is 11.1 Å². The Morgan fingerprint density at radius 2 is 1.24 bits per heavy atom. The van der Waals surface area contributed by atoms with Crippen LogP contribution in [0.2, 0.25) is 0 Å². The monoisotopic (exact) mass is 498 g/mol. The molecule has 3 heteroatoms. The summed E-state index contributed by atoms with van der Waals surface area (Å²) in [7, 11) is 0. The first kappa shape index (κ1) is 24.1. The van der Waals surface area contributed by atoms with Crippen molar-refractivity contribution in [2.75, 3.05) is 0 Å². The molecule has 0 radical (unpaired) electrons. The van der Waals surface area contributed by atoms with Crippen LogP contribution in [-0.2, 0) is 26.2 Å². The van der Waals surface area contributed by atoms with E-state index in [0.717, 1.165) is 0 Å². The van der Waals surface area contributed by atoms with Crippen LogP contribution < -0.4 is 0 Å². The fourth-order valence-corrected chi connectivity index (χ4v) is 5.19. The Bertz CT molecular complexity index is 950. The fourth-order valence-electron chi connectivity index (χ4n) is 5.19. The molecule has 3 aromatic carbocycles. The van der Waals surface area contributed by atoms with Gasteiger partial charge in [0.15, 0.2) is 0 Å². The van der Waals surface area contributed by atoms with Crippen molar-refractivity contribution in [3.05, 3.63) is 101 Å². The van der Waals surface area contributed by atoms with Crippen molar-refractivity contribution in [1.29, 1.82) is 0 Å². The van der Waals surface area contributed by atoms with Gasteiger partial charge < -0.3 is 0 Å². The van der Waals surface area contributed by atoms with Gasteiger partial charge in [0.25, 0.3) is 0 Å². The largest absolute Gasteiger partial charge is 0.147 e. The molecule has 29 heavy (non-hydrogen) atoms. The van der Waals surface area contributed by atoms with Crippen molar-refractivity contribution < 1.29 is 26.2 Å². The van der Waals surface area contributed by atoms with E-state index in [9.17, 15) is 0 Å². The van der Waals surface area contributed by atoms with Gasteiger partial charge in [-0.1, -0.05) is 98.3 Å².